The number of hydrogen-bond acceptors (Lipinski definition) is 1. The average Bonchev–Trinajstić information content (AvgIpc) is 2.13. The highest BCUT2D eigenvalue weighted by Crippen LogP contribution is 2.34. The third-order valence-corrected chi connectivity index (χ3v) is 2.65. The van der Waals surface area contributed by atoms with Crippen LogP contribution in [0, 0.1) is 0 Å². The summed E-state index contributed by atoms with van der Waals surface area (Å²) in [4.78, 5) is 0. The van der Waals surface area contributed by atoms with Gasteiger partial charge in [-0.2, -0.15) is 0 Å². The van der Waals surface area contributed by atoms with Crippen molar-refractivity contribution in [3.05, 3.63) is 35.9 Å². The minimum Gasteiger partial charge on any atom is -0.373 e. The molecule has 1 fully saturated rings. The second-order valence-electron chi connectivity index (χ2n) is 4.28. The van der Waals surface area contributed by atoms with Gasteiger partial charge in [-0.05, 0) is 12.5 Å². The number of ether oxygens (including phenoxy) is 1. The average molecular weight is 191 g/mol. The zero-order valence-electron chi connectivity index (χ0n) is 8.40. The van der Waals surface area contributed by atoms with Gasteiger partial charge in [-0.1, -0.05) is 30.3 Å². The molecule has 0 unspecified atom stereocenters. The van der Waals surface area contributed by atoms with Crippen LogP contribution in [0.1, 0.15) is 25.3 Å². The first-order valence-electron chi connectivity index (χ1n) is 5.02. The summed E-state index contributed by atoms with van der Waals surface area (Å²) in [6, 6.07) is 10.1. The summed E-state index contributed by atoms with van der Waals surface area (Å²) in [6.45, 7) is 2.37. The van der Waals surface area contributed by atoms with Gasteiger partial charge in [0.25, 0.3) is 0 Å². The lowest BCUT2D eigenvalue weighted by Crippen LogP contribution is -2.44. The predicted octanol–water partition coefficient (Wildman–Crippen LogP) is 2.55. The van der Waals surface area contributed by atoms with E-state index in [1.165, 1.54) is 5.56 Å². The van der Waals surface area contributed by atoms with Crippen LogP contribution in [0.15, 0.2) is 30.3 Å². The van der Waals surface area contributed by atoms with Crippen molar-refractivity contribution in [2.75, 3.05) is 0 Å². The molecule has 0 bridgehead atoms. The lowest BCUT2D eigenvalue weighted by atomic mass is 9.79. The Morgan fingerprint density at radius 1 is 1.36 bits per heavy atom. The van der Waals surface area contributed by atoms with Crippen LogP contribution in [0.5, 0.6) is 0 Å². The van der Waals surface area contributed by atoms with Crippen molar-refractivity contribution in [1.82, 2.24) is 0 Å². The lowest BCUT2D eigenvalue weighted by Gasteiger charge is -2.38. The highest BCUT2D eigenvalue weighted by Gasteiger charge is 2.40. The Bertz CT molecular complexity index is 284. The second-order valence-corrected chi connectivity index (χ2v) is 4.28. The molecule has 2 rings (SSSR count). The van der Waals surface area contributed by atoms with Crippen molar-refractivity contribution in [3.8, 4) is 0 Å². The van der Waals surface area contributed by atoms with Crippen molar-refractivity contribution in [2.24, 2.45) is 0 Å². The largest absolute Gasteiger partial charge is 0.373 e. The molecule has 2 heteroatoms. The normalized spacial score (nSPS) is 31.1. The molecule has 0 N–H and O–H groups in total. The molecule has 75 valence electrons. The van der Waals surface area contributed by atoms with Crippen LogP contribution in [0.4, 0.5) is 0 Å². The van der Waals surface area contributed by atoms with Gasteiger partial charge in [-0.3, -0.25) is 0 Å². The Morgan fingerprint density at radius 2 is 2.00 bits per heavy atom. The van der Waals surface area contributed by atoms with E-state index >= 15 is 0 Å². The van der Waals surface area contributed by atoms with Crippen LogP contribution >= 0.6 is 0 Å². The summed E-state index contributed by atoms with van der Waals surface area (Å²) < 4.78 is 5.60. The van der Waals surface area contributed by atoms with Gasteiger partial charge in [0.05, 0.1) is 12.7 Å². The van der Waals surface area contributed by atoms with Gasteiger partial charge in [0.1, 0.15) is 5.60 Å². The molecule has 0 saturated heterocycles. The van der Waals surface area contributed by atoms with Gasteiger partial charge in [-0.15, -0.1) is 0 Å². The van der Waals surface area contributed by atoms with Crippen LogP contribution in [0.3, 0.4) is 0 Å². The Morgan fingerprint density at radius 3 is 2.57 bits per heavy atom. The molecule has 1 saturated carbocycles. The summed E-state index contributed by atoms with van der Waals surface area (Å²) in [5.74, 6) is 0. The van der Waals surface area contributed by atoms with E-state index in [1.54, 1.807) is 6.92 Å². The molecule has 0 aromatic heterocycles. The van der Waals surface area contributed by atoms with Crippen molar-refractivity contribution >= 4 is 0 Å². The topological polar surface area (TPSA) is 29.1 Å². The van der Waals surface area contributed by atoms with Gasteiger partial charge in [0.2, 0.25) is 0 Å². The fourth-order valence-electron chi connectivity index (χ4n) is 1.81. The van der Waals surface area contributed by atoms with Crippen LogP contribution in [-0.2, 0) is 16.5 Å². The maximum absolute atomic E-state index is 11.3. The van der Waals surface area contributed by atoms with Crippen LogP contribution in [0.2, 0.25) is 0 Å². The highest BCUT2D eigenvalue weighted by molar-refractivity contribution is 5.13. The summed E-state index contributed by atoms with van der Waals surface area (Å²) in [7, 11) is 0. The van der Waals surface area contributed by atoms with E-state index in [4.69, 9.17) is 4.74 Å². The third-order valence-electron chi connectivity index (χ3n) is 2.65. The van der Waals surface area contributed by atoms with E-state index < -0.39 is 5.60 Å². The first-order valence-corrected chi connectivity index (χ1v) is 5.02. The van der Waals surface area contributed by atoms with Crippen molar-refractivity contribution in [3.63, 3.8) is 0 Å². The molecule has 1 aromatic carbocycles. The maximum Gasteiger partial charge on any atom is 0.106 e. The standard InChI is InChI=1S/C12H15O2/c1-12(13)7-11(8-12)14-9-10-5-3-2-4-6-10/h2-6,11H,7-9H2,1H3. The molecule has 0 heterocycles. The smallest absolute Gasteiger partial charge is 0.106 e. The molecular formula is C12H15O2. The van der Waals surface area contributed by atoms with E-state index in [1.807, 2.05) is 30.3 Å². The number of hydrogen-bond donors (Lipinski definition) is 0. The molecule has 0 atom stereocenters. The molecule has 1 aromatic rings. The van der Waals surface area contributed by atoms with Crippen LogP contribution in [0.25, 0.3) is 0 Å². The molecular weight excluding hydrogens is 176 g/mol. The zero-order valence-corrected chi connectivity index (χ0v) is 8.40. The fourth-order valence-corrected chi connectivity index (χ4v) is 1.81. The minimum atomic E-state index is -0.735. The molecule has 1 radical (unpaired) electrons. The molecule has 1 aliphatic rings. The lowest BCUT2D eigenvalue weighted by molar-refractivity contribution is -0.164. The summed E-state index contributed by atoms with van der Waals surface area (Å²) >= 11 is 0. The first kappa shape index (κ1) is 9.69. The fraction of sp³-hybridized carbons (Fsp3) is 0.500. The molecule has 0 amide bonds. The number of benzene rings is 1. The van der Waals surface area contributed by atoms with Crippen LogP contribution < -0.4 is 0 Å². The van der Waals surface area contributed by atoms with Crippen molar-refractivity contribution in [1.29, 1.82) is 0 Å². The van der Waals surface area contributed by atoms with Crippen molar-refractivity contribution < 1.29 is 9.84 Å². The van der Waals surface area contributed by atoms with Gasteiger partial charge < -0.3 is 4.74 Å². The molecule has 1 aliphatic carbocycles. The highest BCUT2D eigenvalue weighted by atomic mass is 16.5. The van der Waals surface area contributed by atoms with E-state index in [0.29, 0.717) is 19.4 Å². The van der Waals surface area contributed by atoms with Gasteiger partial charge in [0, 0.05) is 12.8 Å². The van der Waals surface area contributed by atoms with E-state index in [-0.39, 0.29) is 6.10 Å². The predicted molar refractivity (Wildman–Crippen MR) is 53.3 cm³/mol. The van der Waals surface area contributed by atoms with Gasteiger partial charge in [0.15, 0.2) is 0 Å². The monoisotopic (exact) mass is 191 g/mol. The van der Waals surface area contributed by atoms with E-state index in [2.05, 4.69) is 0 Å². The molecule has 0 spiro atoms. The van der Waals surface area contributed by atoms with E-state index in [9.17, 15) is 5.11 Å². The Kier molecular flexibility index (Phi) is 2.57. The SMILES string of the molecule is CC1([O])CC(OCc2ccccc2)C1. The molecule has 0 aliphatic heterocycles. The van der Waals surface area contributed by atoms with Crippen LogP contribution in [-0.4, -0.2) is 11.7 Å². The number of rotatable bonds is 3. The van der Waals surface area contributed by atoms with Gasteiger partial charge in [-0.25, -0.2) is 5.11 Å². The maximum atomic E-state index is 11.3. The van der Waals surface area contributed by atoms with Gasteiger partial charge >= 0.3 is 0 Å². The summed E-state index contributed by atoms with van der Waals surface area (Å²) in [6.07, 6.45) is 1.48. The minimum absolute atomic E-state index is 0.178. The first-order chi connectivity index (χ1) is 6.66. The van der Waals surface area contributed by atoms with Crippen molar-refractivity contribution in [2.45, 2.75) is 38.1 Å². The summed E-state index contributed by atoms with van der Waals surface area (Å²) in [5, 5.41) is 11.3. The summed E-state index contributed by atoms with van der Waals surface area (Å²) in [5.41, 5.74) is 0.438. The van der Waals surface area contributed by atoms with E-state index in [0.717, 1.165) is 0 Å². The quantitative estimate of drug-likeness (QED) is 0.721. The Labute approximate surface area is 84.5 Å². The Balaban J connectivity index is 1.75. The zero-order chi connectivity index (χ0) is 10.0. The second kappa shape index (κ2) is 3.71. The Hall–Kier alpha value is -0.860. The molecule has 14 heavy (non-hydrogen) atoms. The molecule has 2 nitrogen and oxygen atoms in total. The third kappa shape index (κ3) is 2.34.